The van der Waals surface area contributed by atoms with Crippen LogP contribution in [0.1, 0.15) is 0 Å². The number of hydrogen-bond donors (Lipinski definition) is 3. The molecule has 0 spiro atoms. The van der Waals surface area contributed by atoms with Gasteiger partial charge in [-0.15, -0.1) is 0 Å². The Morgan fingerprint density at radius 3 is 3.00 bits per heavy atom. The van der Waals surface area contributed by atoms with Gasteiger partial charge in [0.05, 0.1) is 5.92 Å². The van der Waals surface area contributed by atoms with Gasteiger partial charge in [0.1, 0.15) is 0 Å². The van der Waals surface area contributed by atoms with Gasteiger partial charge >= 0.3 is 0 Å². The van der Waals surface area contributed by atoms with E-state index < -0.39 is 0 Å². The maximum absolute atomic E-state index is 11.1. The third-order valence-corrected chi connectivity index (χ3v) is 2.16. The van der Waals surface area contributed by atoms with Crippen molar-refractivity contribution >= 4 is 5.91 Å². The Balaban J connectivity index is 2.49. The highest BCUT2D eigenvalue weighted by atomic mass is 16.3. The van der Waals surface area contributed by atoms with E-state index in [9.17, 15) is 4.79 Å². The lowest BCUT2D eigenvalue weighted by molar-refractivity contribution is -0.125. The molecule has 0 bridgehead atoms. The summed E-state index contributed by atoms with van der Waals surface area (Å²) in [6.07, 6.45) is 0. The lowest BCUT2D eigenvalue weighted by Gasteiger charge is -2.13. The number of aliphatic hydroxyl groups is 1. The van der Waals surface area contributed by atoms with E-state index in [1.807, 2.05) is 0 Å². The van der Waals surface area contributed by atoms with Crippen LogP contribution < -0.4 is 10.6 Å². The number of carbonyl (C=O) groups is 1. The largest absolute Gasteiger partial charge is 0.396 e. The topological polar surface area (TPSA) is 61.4 Å². The van der Waals surface area contributed by atoms with Gasteiger partial charge in [0.15, 0.2) is 0 Å². The van der Waals surface area contributed by atoms with Crippen molar-refractivity contribution in [1.29, 1.82) is 0 Å². The molecule has 4 nitrogen and oxygen atoms in total. The molecule has 0 radical (unpaired) electrons. The zero-order valence-corrected chi connectivity index (χ0v) is 6.63. The molecular weight excluding hydrogens is 144 g/mol. The van der Waals surface area contributed by atoms with Gasteiger partial charge in [-0.2, -0.15) is 0 Å². The molecule has 0 saturated carbocycles. The molecule has 1 rings (SSSR count). The SMILES string of the molecule is CNC(=O)[C@@H]1CNC[C@H]1CO. The Bertz CT molecular complexity index is 149. The van der Waals surface area contributed by atoms with Crippen molar-refractivity contribution in [2.24, 2.45) is 11.8 Å². The average molecular weight is 158 g/mol. The highest BCUT2D eigenvalue weighted by molar-refractivity contribution is 5.79. The van der Waals surface area contributed by atoms with Crippen LogP contribution in [0.15, 0.2) is 0 Å². The normalized spacial score (nSPS) is 30.4. The minimum atomic E-state index is -0.0509. The standard InChI is InChI=1S/C7H14N2O2/c1-8-7(11)6-3-9-2-5(6)4-10/h5-6,9-10H,2-4H2,1H3,(H,8,11)/t5-,6+/m0/s1. The van der Waals surface area contributed by atoms with Gasteiger partial charge in [-0.1, -0.05) is 0 Å². The summed E-state index contributed by atoms with van der Waals surface area (Å²) >= 11 is 0. The lowest BCUT2D eigenvalue weighted by Crippen LogP contribution is -2.33. The first-order chi connectivity index (χ1) is 5.29. The molecule has 1 saturated heterocycles. The van der Waals surface area contributed by atoms with E-state index in [0.717, 1.165) is 6.54 Å². The summed E-state index contributed by atoms with van der Waals surface area (Å²) < 4.78 is 0. The fraction of sp³-hybridized carbons (Fsp3) is 0.857. The van der Waals surface area contributed by atoms with Crippen molar-refractivity contribution < 1.29 is 9.90 Å². The van der Waals surface area contributed by atoms with Gasteiger partial charge in [0, 0.05) is 32.7 Å². The Morgan fingerprint density at radius 1 is 1.73 bits per heavy atom. The highest BCUT2D eigenvalue weighted by Gasteiger charge is 2.31. The van der Waals surface area contributed by atoms with Crippen molar-refractivity contribution in [3.8, 4) is 0 Å². The molecular formula is C7H14N2O2. The van der Waals surface area contributed by atoms with Gasteiger partial charge in [-0.3, -0.25) is 4.79 Å². The molecule has 2 atom stereocenters. The van der Waals surface area contributed by atoms with Gasteiger partial charge in [-0.25, -0.2) is 0 Å². The highest BCUT2D eigenvalue weighted by Crippen LogP contribution is 2.15. The van der Waals surface area contributed by atoms with Gasteiger partial charge in [-0.05, 0) is 0 Å². The molecule has 64 valence electrons. The number of rotatable bonds is 2. The number of amides is 1. The van der Waals surface area contributed by atoms with E-state index in [4.69, 9.17) is 5.11 Å². The van der Waals surface area contributed by atoms with Crippen LogP contribution in [0.25, 0.3) is 0 Å². The van der Waals surface area contributed by atoms with E-state index in [1.54, 1.807) is 7.05 Å². The Hall–Kier alpha value is -0.610. The minimum Gasteiger partial charge on any atom is -0.396 e. The second kappa shape index (κ2) is 3.69. The summed E-state index contributed by atoms with van der Waals surface area (Å²) in [5, 5.41) is 14.5. The van der Waals surface area contributed by atoms with Crippen LogP contribution in [-0.4, -0.2) is 37.8 Å². The third kappa shape index (κ3) is 1.70. The molecule has 11 heavy (non-hydrogen) atoms. The molecule has 1 heterocycles. The lowest BCUT2D eigenvalue weighted by atomic mass is 9.96. The fourth-order valence-corrected chi connectivity index (χ4v) is 1.42. The number of carbonyl (C=O) groups excluding carboxylic acids is 1. The summed E-state index contributed by atoms with van der Waals surface area (Å²) in [7, 11) is 1.62. The molecule has 3 N–H and O–H groups in total. The smallest absolute Gasteiger partial charge is 0.224 e. The molecule has 1 amide bonds. The Kier molecular flexibility index (Phi) is 2.84. The number of hydrogen-bond acceptors (Lipinski definition) is 3. The summed E-state index contributed by atoms with van der Waals surface area (Å²) in [6, 6.07) is 0. The molecule has 1 aliphatic heterocycles. The molecule has 1 aliphatic rings. The Morgan fingerprint density at radius 2 is 2.45 bits per heavy atom. The molecule has 0 unspecified atom stereocenters. The Labute approximate surface area is 66.0 Å². The minimum absolute atomic E-state index is 0.0223. The molecule has 0 aromatic heterocycles. The first kappa shape index (κ1) is 8.49. The van der Waals surface area contributed by atoms with Crippen molar-refractivity contribution in [1.82, 2.24) is 10.6 Å². The number of aliphatic hydroxyl groups excluding tert-OH is 1. The predicted molar refractivity (Wildman–Crippen MR) is 41.0 cm³/mol. The van der Waals surface area contributed by atoms with E-state index in [2.05, 4.69) is 10.6 Å². The van der Waals surface area contributed by atoms with E-state index in [-0.39, 0.29) is 24.3 Å². The first-order valence-corrected chi connectivity index (χ1v) is 3.82. The van der Waals surface area contributed by atoms with Gasteiger partial charge in [0.25, 0.3) is 0 Å². The summed E-state index contributed by atoms with van der Waals surface area (Å²) in [6.45, 7) is 1.52. The second-order valence-electron chi connectivity index (χ2n) is 2.82. The van der Waals surface area contributed by atoms with E-state index >= 15 is 0 Å². The maximum Gasteiger partial charge on any atom is 0.224 e. The maximum atomic E-state index is 11.1. The van der Waals surface area contributed by atoms with Crippen LogP contribution in [0.5, 0.6) is 0 Å². The summed E-state index contributed by atoms with van der Waals surface area (Å²) in [4.78, 5) is 11.1. The molecule has 0 aromatic rings. The summed E-state index contributed by atoms with van der Waals surface area (Å²) in [5.74, 6) is 0.0639. The van der Waals surface area contributed by atoms with Crippen molar-refractivity contribution in [2.75, 3.05) is 26.7 Å². The van der Waals surface area contributed by atoms with Crippen LogP contribution in [0.2, 0.25) is 0 Å². The van der Waals surface area contributed by atoms with Crippen LogP contribution >= 0.6 is 0 Å². The molecule has 4 heteroatoms. The zero-order chi connectivity index (χ0) is 8.27. The molecule has 0 aliphatic carbocycles. The molecule has 0 aromatic carbocycles. The van der Waals surface area contributed by atoms with Crippen molar-refractivity contribution in [2.45, 2.75) is 0 Å². The average Bonchev–Trinajstić information content (AvgIpc) is 2.50. The van der Waals surface area contributed by atoms with Crippen molar-refractivity contribution in [3.63, 3.8) is 0 Å². The number of nitrogens with one attached hydrogen (secondary N) is 2. The van der Waals surface area contributed by atoms with Crippen molar-refractivity contribution in [3.05, 3.63) is 0 Å². The van der Waals surface area contributed by atoms with Crippen LogP contribution in [0.3, 0.4) is 0 Å². The van der Waals surface area contributed by atoms with E-state index in [1.165, 1.54) is 0 Å². The van der Waals surface area contributed by atoms with Gasteiger partial charge in [0.2, 0.25) is 5.91 Å². The van der Waals surface area contributed by atoms with Crippen LogP contribution in [0, 0.1) is 11.8 Å². The zero-order valence-electron chi connectivity index (χ0n) is 6.63. The monoisotopic (exact) mass is 158 g/mol. The van der Waals surface area contributed by atoms with Gasteiger partial charge < -0.3 is 15.7 Å². The molecule has 1 fully saturated rings. The first-order valence-electron chi connectivity index (χ1n) is 3.82. The fourth-order valence-electron chi connectivity index (χ4n) is 1.42. The summed E-state index contributed by atoms with van der Waals surface area (Å²) in [5.41, 5.74) is 0. The quantitative estimate of drug-likeness (QED) is 0.461. The van der Waals surface area contributed by atoms with E-state index in [0.29, 0.717) is 6.54 Å². The third-order valence-electron chi connectivity index (χ3n) is 2.16. The van der Waals surface area contributed by atoms with Crippen LogP contribution in [0.4, 0.5) is 0 Å². The second-order valence-corrected chi connectivity index (χ2v) is 2.82. The predicted octanol–water partition coefficient (Wildman–Crippen LogP) is -1.44. The van der Waals surface area contributed by atoms with Crippen LogP contribution in [-0.2, 0) is 4.79 Å².